The second-order valence-corrected chi connectivity index (χ2v) is 6.33. The first kappa shape index (κ1) is 21.3. The van der Waals surface area contributed by atoms with Gasteiger partial charge in [-0.2, -0.15) is 5.10 Å². The van der Waals surface area contributed by atoms with Gasteiger partial charge in [0.15, 0.2) is 5.96 Å². The second-order valence-electron chi connectivity index (χ2n) is 6.33. The molecule has 146 valence electrons. The van der Waals surface area contributed by atoms with Crippen LogP contribution in [0.25, 0.3) is 10.9 Å². The number of nitrogens with one attached hydrogen (secondary N) is 3. The molecule has 0 aliphatic heterocycles. The average molecular weight is 480 g/mol. The maximum absolute atomic E-state index is 4.65. The van der Waals surface area contributed by atoms with Crippen molar-refractivity contribution in [3.8, 4) is 0 Å². The Morgan fingerprint density at radius 3 is 2.74 bits per heavy atom. The molecule has 3 N–H and O–H groups in total. The Morgan fingerprint density at radius 1 is 1.19 bits per heavy atom. The summed E-state index contributed by atoms with van der Waals surface area (Å²) in [6, 6.07) is 8.52. The lowest BCUT2D eigenvalue weighted by Gasteiger charge is -2.11. The Balaban J connectivity index is 0.00000261. The van der Waals surface area contributed by atoms with E-state index in [9.17, 15) is 0 Å². The van der Waals surface area contributed by atoms with Gasteiger partial charge in [0.25, 0.3) is 0 Å². The first-order valence-electron chi connectivity index (χ1n) is 9.29. The van der Waals surface area contributed by atoms with Crippen molar-refractivity contribution in [3.05, 3.63) is 53.5 Å². The minimum atomic E-state index is 0. The summed E-state index contributed by atoms with van der Waals surface area (Å²) in [5, 5.41) is 12.2. The highest BCUT2D eigenvalue weighted by Gasteiger charge is 2.07. The number of benzene rings is 1. The lowest BCUT2D eigenvalue weighted by atomic mass is 10.1. The lowest BCUT2D eigenvalue weighted by Crippen LogP contribution is -2.38. The maximum atomic E-state index is 4.65. The number of halogens is 1. The van der Waals surface area contributed by atoms with Gasteiger partial charge in [0.2, 0.25) is 0 Å². The molecule has 0 spiro atoms. The molecule has 0 saturated heterocycles. The molecule has 3 rings (SSSR count). The van der Waals surface area contributed by atoms with Crippen LogP contribution < -0.4 is 10.6 Å². The van der Waals surface area contributed by atoms with Gasteiger partial charge < -0.3 is 15.6 Å². The molecular weight excluding hydrogens is 451 g/mol. The Hall–Kier alpha value is -2.03. The van der Waals surface area contributed by atoms with Crippen molar-refractivity contribution in [3.63, 3.8) is 0 Å². The van der Waals surface area contributed by atoms with Crippen LogP contribution in [0.3, 0.4) is 0 Å². The maximum Gasteiger partial charge on any atom is 0.191 e. The summed E-state index contributed by atoms with van der Waals surface area (Å²) in [4.78, 5) is 8.09. The van der Waals surface area contributed by atoms with Crippen molar-refractivity contribution in [2.45, 2.75) is 33.2 Å². The van der Waals surface area contributed by atoms with E-state index in [-0.39, 0.29) is 24.0 Å². The van der Waals surface area contributed by atoms with Gasteiger partial charge in [-0.15, -0.1) is 24.0 Å². The summed E-state index contributed by atoms with van der Waals surface area (Å²) in [5.74, 6) is 0.836. The number of rotatable bonds is 7. The molecule has 27 heavy (non-hydrogen) atoms. The SMILES string of the molecule is CCNC(=NCc1ccnn1C)NCCc1c[nH]c2c(CC)cccc12.I. The van der Waals surface area contributed by atoms with Crippen molar-refractivity contribution in [2.75, 3.05) is 13.1 Å². The number of aromatic amines is 1. The molecular formula is C20H29IN6. The van der Waals surface area contributed by atoms with E-state index in [1.165, 1.54) is 22.0 Å². The topological polar surface area (TPSA) is 70.0 Å². The molecule has 0 radical (unpaired) electrons. The molecule has 0 saturated carbocycles. The third-order valence-corrected chi connectivity index (χ3v) is 4.62. The number of guanidine groups is 1. The molecule has 0 aliphatic rings. The molecule has 0 bridgehead atoms. The van der Waals surface area contributed by atoms with Crippen LogP contribution in [0.15, 0.2) is 41.7 Å². The predicted octanol–water partition coefficient (Wildman–Crippen LogP) is 3.38. The molecule has 2 heterocycles. The van der Waals surface area contributed by atoms with Gasteiger partial charge in [-0.05, 0) is 37.0 Å². The van der Waals surface area contributed by atoms with Crippen molar-refractivity contribution in [1.82, 2.24) is 25.4 Å². The third-order valence-electron chi connectivity index (χ3n) is 4.62. The fourth-order valence-electron chi connectivity index (χ4n) is 3.15. The number of para-hydroxylation sites is 1. The van der Waals surface area contributed by atoms with Crippen molar-refractivity contribution in [2.24, 2.45) is 12.0 Å². The zero-order valence-corrected chi connectivity index (χ0v) is 18.6. The van der Waals surface area contributed by atoms with Crippen molar-refractivity contribution in [1.29, 1.82) is 0 Å². The van der Waals surface area contributed by atoms with Crippen LogP contribution in [0.5, 0.6) is 0 Å². The molecule has 7 heteroatoms. The average Bonchev–Trinajstić information content (AvgIpc) is 3.25. The standard InChI is InChI=1S/C20H28N6.HI/c1-4-15-7-6-8-18-16(13-23-19(15)18)9-11-22-20(21-5-2)24-14-17-10-12-25-26(17)3;/h6-8,10,12-13,23H,4-5,9,11,14H2,1-3H3,(H2,21,22,24);1H. The van der Waals surface area contributed by atoms with Crippen molar-refractivity contribution >= 4 is 40.8 Å². The summed E-state index contributed by atoms with van der Waals surface area (Å²) in [6.07, 6.45) is 5.92. The van der Waals surface area contributed by atoms with E-state index >= 15 is 0 Å². The molecule has 1 aromatic carbocycles. The first-order chi connectivity index (χ1) is 12.7. The number of nitrogens with zero attached hydrogens (tertiary/aromatic N) is 3. The highest BCUT2D eigenvalue weighted by atomic mass is 127. The Labute approximate surface area is 177 Å². The number of fused-ring (bicyclic) bond motifs is 1. The van der Waals surface area contributed by atoms with E-state index in [0.29, 0.717) is 6.54 Å². The van der Waals surface area contributed by atoms with Gasteiger partial charge in [-0.25, -0.2) is 4.99 Å². The summed E-state index contributed by atoms with van der Waals surface area (Å²) < 4.78 is 1.85. The molecule has 0 unspecified atom stereocenters. The van der Waals surface area contributed by atoms with E-state index in [2.05, 4.69) is 64.0 Å². The van der Waals surface area contributed by atoms with Crippen LogP contribution >= 0.6 is 24.0 Å². The quantitative estimate of drug-likeness (QED) is 0.276. The smallest absolute Gasteiger partial charge is 0.191 e. The van der Waals surface area contributed by atoms with Gasteiger partial charge in [0.05, 0.1) is 12.2 Å². The molecule has 0 aliphatic carbocycles. The Morgan fingerprint density at radius 2 is 2.04 bits per heavy atom. The Bertz CT molecular complexity index is 880. The largest absolute Gasteiger partial charge is 0.361 e. The van der Waals surface area contributed by atoms with Gasteiger partial charge in [-0.1, -0.05) is 25.1 Å². The highest BCUT2D eigenvalue weighted by Crippen LogP contribution is 2.22. The number of H-pyrrole nitrogens is 1. The van der Waals surface area contributed by atoms with Crippen LogP contribution in [0.1, 0.15) is 30.7 Å². The summed E-state index contributed by atoms with van der Waals surface area (Å²) in [5.41, 5.74) is 5.06. The normalized spacial score (nSPS) is 11.4. The van der Waals surface area contributed by atoms with Crippen molar-refractivity contribution < 1.29 is 0 Å². The molecule has 3 aromatic rings. The third kappa shape index (κ3) is 5.24. The van der Waals surface area contributed by atoms with E-state index in [0.717, 1.165) is 37.6 Å². The first-order valence-corrected chi connectivity index (χ1v) is 9.29. The minimum absolute atomic E-state index is 0. The molecule has 0 atom stereocenters. The predicted molar refractivity (Wildman–Crippen MR) is 123 cm³/mol. The van der Waals surface area contributed by atoms with Crippen LogP contribution in [0.2, 0.25) is 0 Å². The molecule has 2 aromatic heterocycles. The molecule has 0 fully saturated rings. The minimum Gasteiger partial charge on any atom is -0.361 e. The summed E-state index contributed by atoms with van der Waals surface area (Å²) in [6.45, 7) is 6.55. The van der Waals surface area contributed by atoms with E-state index in [1.54, 1.807) is 6.20 Å². The zero-order chi connectivity index (χ0) is 18.4. The van der Waals surface area contributed by atoms with Gasteiger partial charge >= 0.3 is 0 Å². The van der Waals surface area contributed by atoms with Gasteiger partial charge in [0.1, 0.15) is 0 Å². The zero-order valence-electron chi connectivity index (χ0n) is 16.2. The number of hydrogen-bond acceptors (Lipinski definition) is 2. The van der Waals surface area contributed by atoms with Crippen LogP contribution in [-0.4, -0.2) is 33.8 Å². The van der Waals surface area contributed by atoms with E-state index in [4.69, 9.17) is 0 Å². The number of aromatic nitrogens is 3. The number of hydrogen-bond donors (Lipinski definition) is 3. The Kier molecular flexibility index (Phi) is 8.15. The van der Waals surface area contributed by atoms with Gasteiger partial charge in [0, 0.05) is 43.4 Å². The number of aliphatic imine (C=N–C) groups is 1. The second kappa shape index (κ2) is 10.3. The van der Waals surface area contributed by atoms with Crippen LogP contribution in [-0.2, 0) is 26.4 Å². The number of aryl methyl sites for hydroxylation is 2. The van der Waals surface area contributed by atoms with E-state index < -0.39 is 0 Å². The molecule has 0 amide bonds. The van der Waals surface area contributed by atoms with E-state index in [1.807, 2.05) is 17.8 Å². The lowest BCUT2D eigenvalue weighted by molar-refractivity contribution is 0.707. The summed E-state index contributed by atoms with van der Waals surface area (Å²) >= 11 is 0. The summed E-state index contributed by atoms with van der Waals surface area (Å²) in [7, 11) is 1.94. The molecule has 6 nitrogen and oxygen atoms in total. The fourth-order valence-corrected chi connectivity index (χ4v) is 3.15. The van der Waals surface area contributed by atoms with Crippen LogP contribution in [0, 0.1) is 0 Å². The van der Waals surface area contributed by atoms with Crippen LogP contribution in [0.4, 0.5) is 0 Å². The van der Waals surface area contributed by atoms with Gasteiger partial charge in [-0.3, -0.25) is 4.68 Å². The highest BCUT2D eigenvalue weighted by molar-refractivity contribution is 14.0. The monoisotopic (exact) mass is 480 g/mol. The fraction of sp³-hybridized carbons (Fsp3) is 0.400.